The van der Waals surface area contributed by atoms with E-state index in [0.29, 0.717) is 4.91 Å². The van der Waals surface area contributed by atoms with Gasteiger partial charge in [0, 0.05) is 4.91 Å². The van der Waals surface area contributed by atoms with Crippen molar-refractivity contribution in [2.24, 2.45) is 0 Å². The number of hydrogen-bond donors (Lipinski definition) is 0. The lowest BCUT2D eigenvalue weighted by atomic mass is 10.2. The fourth-order valence-electron chi connectivity index (χ4n) is 1.54. The van der Waals surface area contributed by atoms with Gasteiger partial charge in [-0.1, -0.05) is 18.2 Å². The van der Waals surface area contributed by atoms with Gasteiger partial charge < -0.3 is 0 Å². The van der Waals surface area contributed by atoms with Crippen LogP contribution in [0.2, 0.25) is 0 Å². The average Bonchev–Trinajstić information content (AvgIpc) is 2.78. The number of hydrogen-bond acceptors (Lipinski definition) is 3. The van der Waals surface area contributed by atoms with E-state index in [1.807, 2.05) is 19.1 Å². The zero-order valence-electron chi connectivity index (χ0n) is 10.5. The van der Waals surface area contributed by atoms with Gasteiger partial charge in [-0.25, -0.2) is 4.98 Å². The molecule has 0 spiro atoms. The van der Waals surface area contributed by atoms with E-state index in [-0.39, 0.29) is 12.1 Å². The number of thiazole rings is 1. The minimum atomic E-state index is 0.268. The number of allylic oxidation sites excluding steroid dienone is 4. The minimum Gasteiger partial charge on any atom is -0.236 e. The second kappa shape index (κ2) is 5.67. The Morgan fingerprint density at radius 3 is 2.83 bits per heavy atom. The third kappa shape index (κ3) is 3.00. The number of aryl methyl sites for hydroxylation is 1. The van der Waals surface area contributed by atoms with E-state index in [0.717, 1.165) is 16.1 Å². The highest BCUT2D eigenvalue weighted by atomic mass is 32.2. The maximum atomic E-state index is 12.3. The normalized spacial score (nSPS) is 13.3. The highest BCUT2D eigenvalue weighted by Gasteiger charge is 2.04. The average molecular weight is 279 g/mol. The summed E-state index contributed by atoms with van der Waals surface area (Å²) in [6, 6.07) is 6.24. The molecular formula is C14H14FNS2. The van der Waals surface area contributed by atoms with Crippen LogP contribution in [0.15, 0.2) is 35.3 Å². The summed E-state index contributed by atoms with van der Waals surface area (Å²) >= 11 is 1.94. The third-order valence-electron chi connectivity index (χ3n) is 2.57. The Kier molecular flexibility index (Phi) is 4.19. The fraction of sp³-hybridized carbons (Fsp3) is 0.214. The first-order valence-corrected chi connectivity index (χ1v) is 7.15. The van der Waals surface area contributed by atoms with Gasteiger partial charge in [0.25, 0.3) is 0 Å². The Balaban J connectivity index is 2.36. The lowest BCUT2D eigenvalue weighted by Gasteiger charge is -1.92. The zero-order chi connectivity index (χ0) is 13.1. The van der Waals surface area contributed by atoms with Crippen LogP contribution < -0.4 is 0 Å². The number of rotatable bonds is 3. The Labute approximate surface area is 115 Å². The summed E-state index contributed by atoms with van der Waals surface area (Å²) < 4.78 is 13.5. The molecule has 18 heavy (non-hydrogen) atoms. The molecule has 0 aliphatic carbocycles. The molecule has 2 aromatic rings. The molecule has 0 amide bonds. The molecule has 4 heteroatoms. The van der Waals surface area contributed by atoms with E-state index in [1.165, 1.54) is 10.3 Å². The van der Waals surface area contributed by atoms with Crippen LogP contribution in [0.3, 0.4) is 0 Å². The molecular weight excluding hydrogens is 265 g/mol. The van der Waals surface area contributed by atoms with Gasteiger partial charge in [0.2, 0.25) is 0 Å². The first-order valence-electron chi connectivity index (χ1n) is 5.61. The Morgan fingerprint density at radius 1 is 1.33 bits per heavy atom. The number of nitrogens with zero attached hydrogens (tertiary/aromatic N) is 1. The number of aromatic nitrogens is 1. The quantitative estimate of drug-likeness (QED) is 0.685. The number of halogens is 1. The number of benzene rings is 1. The van der Waals surface area contributed by atoms with Crippen LogP contribution >= 0.6 is 23.5 Å². The van der Waals surface area contributed by atoms with Crippen molar-refractivity contribution in [2.45, 2.75) is 20.8 Å². The Morgan fingerprint density at radius 2 is 2.11 bits per heavy atom. The highest BCUT2D eigenvalue weighted by molar-refractivity contribution is 7.98. The second-order valence-corrected chi connectivity index (χ2v) is 6.02. The molecule has 0 unspecified atom stereocenters. The third-order valence-corrected chi connectivity index (χ3v) is 4.10. The topological polar surface area (TPSA) is 12.9 Å². The highest BCUT2D eigenvalue weighted by Crippen LogP contribution is 2.28. The van der Waals surface area contributed by atoms with Gasteiger partial charge in [-0.05, 0) is 44.0 Å². The van der Waals surface area contributed by atoms with E-state index in [2.05, 4.69) is 24.0 Å². The Bertz CT molecular complexity index is 626. The van der Waals surface area contributed by atoms with E-state index >= 15 is 0 Å². The summed E-state index contributed by atoms with van der Waals surface area (Å²) in [5.41, 5.74) is 3.32. The van der Waals surface area contributed by atoms with Crippen LogP contribution in [-0.4, -0.2) is 4.98 Å². The molecule has 0 aliphatic rings. The summed E-state index contributed by atoms with van der Waals surface area (Å²) in [7, 11) is 0. The van der Waals surface area contributed by atoms with E-state index < -0.39 is 0 Å². The molecule has 0 aliphatic heterocycles. The van der Waals surface area contributed by atoms with Gasteiger partial charge in [-0.3, -0.25) is 0 Å². The van der Waals surface area contributed by atoms with Crippen molar-refractivity contribution < 1.29 is 3.89 Å². The van der Waals surface area contributed by atoms with Crippen LogP contribution in [0, 0.1) is 6.92 Å². The lowest BCUT2D eigenvalue weighted by Crippen LogP contribution is -1.76. The molecule has 0 saturated heterocycles. The van der Waals surface area contributed by atoms with Gasteiger partial charge in [-0.15, -0.1) is 11.3 Å². The fourth-order valence-corrected chi connectivity index (χ4v) is 2.70. The van der Waals surface area contributed by atoms with Gasteiger partial charge in [0.1, 0.15) is 5.01 Å². The molecule has 94 valence electrons. The SMILES string of the molecule is C/C(=C\C=C(/C)c1nc2ccc(C)cc2s1)SF. The second-order valence-electron chi connectivity index (χ2n) is 4.19. The van der Waals surface area contributed by atoms with Crippen LogP contribution in [0.25, 0.3) is 15.8 Å². The van der Waals surface area contributed by atoms with Crippen molar-refractivity contribution in [2.75, 3.05) is 0 Å². The van der Waals surface area contributed by atoms with Gasteiger partial charge >= 0.3 is 0 Å². The number of fused-ring (bicyclic) bond motifs is 1. The molecule has 0 saturated carbocycles. The lowest BCUT2D eigenvalue weighted by molar-refractivity contribution is 0.943. The molecule has 2 rings (SSSR count). The van der Waals surface area contributed by atoms with Gasteiger partial charge in [-0.2, -0.15) is 3.89 Å². The summed E-state index contributed by atoms with van der Waals surface area (Å²) in [5, 5.41) is 0.989. The van der Waals surface area contributed by atoms with Crippen molar-refractivity contribution in [1.82, 2.24) is 4.98 Å². The molecule has 0 fully saturated rings. The van der Waals surface area contributed by atoms with E-state index in [4.69, 9.17) is 0 Å². The standard InChI is InChI=1S/C14H14FNS2/c1-9-4-7-12-13(8-9)17-14(16-12)10(2)5-6-11(3)18-15/h4-8H,1-3H3/b10-5+,11-6+. The van der Waals surface area contributed by atoms with Crippen molar-refractivity contribution >= 4 is 39.3 Å². The maximum absolute atomic E-state index is 12.3. The molecule has 0 bridgehead atoms. The molecule has 1 aromatic heterocycles. The van der Waals surface area contributed by atoms with Crippen LogP contribution in [0.1, 0.15) is 24.4 Å². The molecule has 0 radical (unpaired) electrons. The van der Waals surface area contributed by atoms with Crippen molar-refractivity contribution in [3.63, 3.8) is 0 Å². The summed E-state index contributed by atoms with van der Waals surface area (Å²) in [6.45, 7) is 5.82. The summed E-state index contributed by atoms with van der Waals surface area (Å²) in [6.07, 6.45) is 3.68. The molecule has 1 nitrogen and oxygen atoms in total. The largest absolute Gasteiger partial charge is 0.236 e. The monoisotopic (exact) mass is 279 g/mol. The van der Waals surface area contributed by atoms with Crippen LogP contribution in [0.5, 0.6) is 0 Å². The van der Waals surface area contributed by atoms with Gasteiger partial charge in [0.05, 0.1) is 22.4 Å². The van der Waals surface area contributed by atoms with E-state index in [9.17, 15) is 3.89 Å². The van der Waals surface area contributed by atoms with Crippen LogP contribution in [0.4, 0.5) is 3.89 Å². The summed E-state index contributed by atoms with van der Waals surface area (Å²) in [4.78, 5) is 5.22. The summed E-state index contributed by atoms with van der Waals surface area (Å²) in [5.74, 6) is 0. The molecule has 0 N–H and O–H groups in total. The van der Waals surface area contributed by atoms with Crippen molar-refractivity contribution in [3.8, 4) is 0 Å². The van der Waals surface area contributed by atoms with Gasteiger partial charge in [0.15, 0.2) is 0 Å². The smallest absolute Gasteiger partial charge is 0.120 e. The zero-order valence-corrected chi connectivity index (χ0v) is 12.2. The van der Waals surface area contributed by atoms with Crippen molar-refractivity contribution in [1.29, 1.82) is 0 Å². The molecule has 1 heterocycles. The predicted molar refractivity (Wildman–Crippen MR) is 80.5 cm³/mol. The molecule has 0 atom stereocenters. The van der Waals surface area contributed by atoms with E-state index in [1.54, 1.807) is 24.3 Å². The van der Waals surface area contributed by atoms with Crippen molar-refractivity contribution in [3.05, 3.63) is 45.8 Å². The minimum absolute atomic E-state index is 0.268. The first kappa shape index (κ1) is 13.3. The first-order chi connectivity index (χ1) is 8.60. The molecule has 1 aromatic carbocycles. The van der Waals surface area contributed by atoms with Crippen LogP contribution in [-0.2, 0) is 0 Å². The predicted octanol–water partition coefficient (Wildman–Crippen LogP) is 5.53. The maximum Gasteiger partial charge on any atom is 0.120 e. The Hall–Kier alpha value is -1.13.